The van der Waals surface area contributed by atoms with Crippen LogP contribution in [0.1, 0.15) is 27.7 Å². The van der Waals surface area contributed by atoms with Crippen LogP contribution in [0.15, 0.2) is 128 Å². The monoisotopic (exact) mass is 524 g/mol. The number of rotatable bonds is 4. The maximum Gasteiger partial charge on any atom is 0.184 e. The van der Waals surface area contributed by atoms with Gasteiger partial charge in [-0.05, 0) is 76.3 Å². The number of carbonyl (C=O) groups excluding carboxylic acids is 2. The van der Waals surface area contributed by atoms with E-state index in [2.05, 4.69) is 11.5 Å². The molecule has 1 heterocycles. The number of Topliss-reactive ketones (excluding diaryl/α,β-unsaturated/α-hetero) is 2. The molecule has 0 saturated heterocycles. The Kier molecular flexibility index (Phi) is 7.56. The van der Waals surface area contributed by atoms with E-state index in [4.69, 9.17) is 20.0 Å². The zero-order valence-corrected chi connectivity index (χ0v) is 22.8. The van der Waals surface area contributed by atoms with Gasteiger partial charge in [-0.2, -0.15) is 0 Å². The van der Waals surface area contributed by atoms with Crippen molar-refractivity contribution in [1.82, 2.24) is 0 Å². The smallest absolute Gasteiger partial charge is 0.184 e. The number of carbonyl (C=O) groups is 2. The number of hydrogen-bond acceptors (Lipinski definition) is 6. The number of fused-ring (bicyclic) bond motifs is 2. The Morgan fingerprint density at radius 3 is 1.10 bits per heavy atom. The van der Waals surface area contributed by atoms with E-state index in [1.54, 1.807) is 36.5 Å². The van der Waals surface area contributed by atoms with Crippen molar-refractivity contribution in [1.29, 1.82) is 0 Å². The molecule has 0 amide bonds. The van der Waals surface area contributed by atoms with Gasteiger partial charge in [0.15, 0.2) is 11.6 Å². The third-order valence-corrected chi connectivity index (χ3v) is 6.87. The van der Waals surface area contributed by atoms with Crippen molar-refractivity contribution in [2.24, 2.45) is 31.8 Å². The summed E-state index contributed by atoms with van der Waals surface area (Å²) in [6, 6.07) is 14.9. The number of allylic oxidation sites excluding steroid dienone is 6. The Balaban J connectivity index is 1.75. The van der Waals surface area contributed by atoms with Gasteiger partial charge in [-0.15, -0.1) is 11.5 Å². The van der Waals surface area contributed by atoms with Gasteiger partial charge in [-0.1, -0.05) is 36.4 Å². The van der Waals surface area contributed by atoms with Gasteiger partial charge < -0.3 is 0 Å². The van der Waals surface area contributed by atoms with Crippen LogP contribution in [0.25, 0.3) is 0 Å². The highest BCUT2D eigenvalue weighted by Gasteiger charge is 2.30. The van der Waals surface area contributed by atoms with Gasteiger partial charge in [-0.3, -0.25) is 29.6 Å². The minimum atomic E-state index is -0.708. The number of para-hydroxylation sites is 4. The molecule has 0 aromatic heterocycles. The van der Waals surface area contributed by atoms with Crippen molar-refractivity contribution < 1.29 is 9.59 Å². The Bertz CT molecular complexity index is 1540. The van der Waals surface area contributed by atoms with E-state index in [1.807, 2.05) is 76.2 Å². The van der Waals surface area contributed by atoms with E-state index in [0.29, 0.717) is 56.7 Å². The van der Waals surface area contributed by atoms with Crippen LogP contribution in [0.4, 0.5) is 22.7 Å². The van der Waals surface area contributed by atoms with Crippen LogP contribution in [0.3, 0.4) is 0 Å². The second-order valence-corrected chi connectivity index (χ2v) is 9.75. The second-order valence-electron chi connectivity index (χ2n) is 9.75. The lowest BCUT2D eigenvalue weighted by Gasteiger charge is -2.19. The van der Waals surface area contributed by atoms with Gasteiger partial charge in [0.1, 0.15) is 0 Å². The molecule has 5 rings (SSSR count). The van der Waals surface area contributed by atoms with Crippen LogP contribution < -0.4 is 0 Å². The van der Waals surface area contributed by atoms with Crippen molar-refractivity contribution in [3.8, 4) is 0 Å². The predicted molar refractivity (Wildman–Crippen MR) is 162 cm³/mol. The standard InChI is InChI=1S/C34H28N4O2/c1-21-31(33(39)25-13-5-6-14-25)22(2)36-29-19-11-12-20-30(29)38-24(4)32(34(40)26-15-7-8-16-26)23(3)37-28-18-10-9-17-27(28)35-21/h5-13,15,17-20,31-32H,1-4H3. The van der Waals surface area contributed by atoms with E-state index in [-0.39, 0.29) is 11.6 Å². The average Bonchev–Trinajstić information content (AvgIpc) is 3.66. The SMILES string of the molecule is CC1=Nc2ccccc2N=C(C)C(C(=O)C2=C=CC=C2)C(C)=Nc2ccccc2N=C(C)C1C(=O)C1=C=CC=C1. The first kappa shape index (κ1) is 26.6. The van der Waals surface area contributed by atoms with Crippen molar-refractivity contribution in [2.75, 3.05) is 0 Å². The van der Waals surface area contributed by atoms with Crippen LogP contribution in [-0.4, -0.2) is 34.4 Å². The first-order valence-electron chi connectivity index (χ1n) is 13.1. The maximum absolute atomic E-state index is 13.7. The lowest BCUT2D eigenvalue weighted by molar-refractivity contribution is -0.116. The average molecular weight is 525 g/mol. The summed E-state index contributed by atoms with van der Waals surface area (Å²) in [6.45, 7) is 7.32. The van der Waals surface area contributed by atoms with E-state index in [0.717, 1.165) is 0 Å². The molecule has 6 heteroatoms. The quantitative estimate of drug-likeness (QED) is 0.389. The molecule has 0 bridgehead atoms. The predicted octanol–water partition coefficient (Wildman–Crippen LogP) is 7.44. The van der Waals surface area contributed by atoms with Crippen LogP contribution in [0.5, 0.6) is 0 Å². The fourth-order valence-electron chi connectivity index (χ4n) is 4.97. The first-order valence-corrected chi connectivity index (χ1v) is 13.1. The highest BCUT2D eigenvalue weighted by molar-refractivity contribution is 6.28. The normalized spacial score (nSPS) is 19.9. The molecule has 0 fully saturated rings. The fourth-order valence-corrected chi connectivity index (χ4v) is 4.97. The van der Waals surface area contributed by atoms with Crippen molar-refractivity contribution in [3.63, 3.8) is 0 Å². The Morgan fingerprint density at radius 1 is 0.550 bits per heavy atom. The lowest BCUT2D eigenvalue weighted by Crippen LogP contribution is -2.30. The fraction of sp³-hybridized carbons (Fsp3) is 0.176. The van der Waals surface area contributed by atoms with E-state index >= 15 is 0 Å². The molecule has 0 atom stereocenters. The van der Waals surface area contributed by atoms with Crippen LogP contribution >= 0.6 is 0 Å². The molecule has 6 nitrogen and oxygen atoms in total. The molecule has 0 radical (unpaired) electrons. The van der Waals surface area contributed by atoms with Gasteiger partial charge in [0.05, 0.1) is 45.7 Å². The molecule has 2 aromatic rings. The number of nitrogens with zero attached hydrogens (tertiary/aromatic N) is 4. The summed E-state index contributed by atoms with van der Waals surface area (Å²) in [5, 5.41) is 0. The molecule has 2 aromatic carbocycles. The Labute approximate surface area is 233 Å². The van der Waals surface area contributed by atoms with Crippen LogP contribution in [0, 0.1) is 11.8 Å². The molecule has 1 aliphatic heterocycles. The number of hydrogen-bond donors (Lipinski definition) is 0. The van der Waals surface area contributed by atoms with Crippen molar-refractivity contribution in [3.05, 3.63) is 108 Å². The minimum absolute atomic E-state index is 0.134. The summed E-state index contributed by atoms with van der Waals surface area (Å²) in [4.78, 5) is 47.0. The molecule has 3 aliphatic rings. The third kappa shape index (κ3) is 5.41. The maximum atomic E-state index is 13.7. The summed E-state index contributed by atoms with van der Waals surface area (Å²) in [6.07, 6.45) is 10.5. The first-order chi connectivity index (χ1) is 19.3. The summed E-state index contributed by atoms with van der Waals surface area (Å²) >= 11 is 0. The van der Waals surface area contributed by atoms with Gasteiger partial charge in [0, 0.05) is 22.8 Å². The third-order valence-electron chi connectivity index (χ3n) is 6.87. The van der Waals surface area contributed by atoms with Crippen LogP contribution in [0.2, 0.25) is 0 Å². The Morgan fingerprint density at radius 2 is 0.850 bits per heavy atom. The molecule has 0 unspecified atom stereocenters. The van der Waals surface area contributed by atoms with Crippen molar-refractivity contribution in [2.45, 2.75) is 27.7 Å². The van der Waals surface area contributed by atoms with Crippen LogP contribution in [-0.2, 0) is 9.59 Å². The number of aliphatic imine (C=N–C) groups is 4. The minimum Gasteiger partial charge on any atom is -0.292 e. The summed E-state index contributed by atoms with van der Waals surface area (Å²) in [7, 11) is 0. The second kappa shape index (κ2) is 11.4. The number of ketones is 2. The molecule has 0 spiro atoms. The molecule has 196 valence electrons. The molecule has 40 heavy (non-hydrogen) atoms. The van der Waals surface area contributed by atoms with E-state index in [1.165, 1.54) is 0 Å². The lowest BCUT2D eigenvalue weighted by atomic mass is 9.89. The topological polar surface area (TPSA) is 83.6 Å². The van der Waals surface area contributed by atoms with Gasteiger partial charge >= 0.3 is 0 Å². The zero-order chi connectivity index (χ0) is 28.2. The van der Waals surface area contributed by atoms with Gasteiger partial charge in [-0.25, -0.2) is 0 Å². The molecule has 2 aliphatic carbocycles. The Hall–Kier alpha value is -5.02. The van der Waals surface area contributed by atoms with E-state index in [9.17, 15) is 9.59 Å². The van der Waals surface area contributed by atoms with Gasteiger partial charge in [0.25, 0.3) is 0 Å². The molecular formula is C34H28N4O2. The number of benzene rings is 2. The summed E-state index contributed by atoms with van der Waals surface area (Å²) < 4.78 is 0. The highest BCUT2D eigenvalue weighted by atomic mass is 16.1. The molecule has 0 N–H and O–H groups in total. The highest BCUT2D eigenvalue weighted by Crippen LogP contribution is 2.33. The van der Waals surface area contributed by atoms with Gasteiger partial charge in [0.2, 0.25) is 0 Å². The van der Waals surface area contributed by atoms with E-state index < -0.39 is 11.8 Å². The largest absolute Gasteiger partial charge is 0.292 e. The zero-order valence-electron chi connectivity index (χ0n) is 22.8. The molecular weight excluding hydrogens is 496 g/mol. The van der Waals surface area contributed by atoms with Crippen molar-refractivity contribution >= 4 is 57.2 Å². The summed E-state index contributed by atoms with van der Waals surface area (Å²) in [5.74, 6) is -1.68. The molecule has 0 saturated carbocycles. The summed E-state index contributed by atoms with van der Waals surface area (Å²) in [5.41, 5.74) is 11.7.